The van der Waals surface area contributed by atoms with Crippen LogP contribution in [0.1, 0.15) is 44.1 Å². The lowest BCUT2D eigenvalue weighted by atomic mass is 9.96. The topological polar surface area (TPSA) is 107 Å². The second-order valence-corrected chi connectivity index (χ2v) is 7.46. The Kier molecular flexibility index (Phi) is 7.18. The van der Waals surface area contributed by atoms with Crippen LogP contribution in [0, 0.1) is 0 Å². The third-order valence-electron chi connectivity index (χ3n) is 4.79. The summed E-state index contributed by atoms with van der Waals surface area (Å²) in [7, 11) is 0. The van der Waals surface area contributed by atoms with E-state index < -0.39 is 6.04 Å². The van der Waals surface area contributed by atoms with Crippen LogP contribution in [0.2, 0.25) is 0 Å². The highest BCUT2D eigenvalue weighted by Gasteiger charge is 2.26. The Bertz CT molecular complexity index is 733. The van der Waals surface area contributed by atoms with Crippen molar-refractivity contribution < 1.29 is 9.59 Å². The molecule has 0 bridgehead atoms. The average Bonchev–Trinajstić information content (AvgIpc) is 2.70. The number of nitrogens with one attached hydrogen (secondary N) is 5. The van der Waals surface area contributed by atoms with Gasteiger partial charge in [0, 0.05) is 12.5 Å². The number of carbonyl (C=O) groups is 2. The van der Waals surface area contributed by atoms with Gasteiger partial charge in [0.1, 0.15) is 11.9 Å². The lowest BCUT2D eigenvalue weighted by Crippen LogP contribution is -2.54. The van der Waals surface area contributed by atoms with Crippen molar-refractivity contribution in [2.45, 2.75) is 57.0 Å². The Balaban J connectivity index is 1.45. The van der Waals surface area contributed by atoms with Gasteiger partial charge in [0.05, 0.1) is 6.42 Å². The number of hydrazine groups is 2. The first-order valence-corrected chi connectivity index (χ1v) is 10.0. The van der Waals surface area contributed by atoms with Crippen LogP contribution in [0.25, 0.3) is 0 Å². The zero-order valence-corrected chi connectivity index (χ0v) is 16.5. The van der Waals surface area contributed by atoms with Crippen molar-refractivity contribution in [3.05, 3.63) is 35.9 Å². The molecule has 1 atom stereocenters. The van der Waals surface area contributed by atoms with E-state index in [1.165, 1.54) is 19.3 Å². The summed E-state index contributed by atoms with van der Waals surface area (Å²) in [6.45, 7) is 0. The highest BCUT2D eigenvalue weighted by Crippen LogP contribution is 2.17. The van der Waals surface area contributed by atoms with Crippen molar-refractivity contribution in [2.24, 2.45) is 4.99 Å². The molecule has 0 spiro atoms. The molecule has 2 aliphatic rings. The molecule has 1 aliphatic heterocycles. The first-order valence-electron chi connectivity index (χ1n) is 9.62. The van der Waals surface area contributed by atoms with E-state index in [-0.39, 0.29) is 18.2 Å². The van der Waals surface area contributed by atoms with E-state index in [2.05, 4.69) is 32.0 Å². The van der Waals surface area contributed by atoms with Gasteiger partial charge in [-0.05, 0) is 30.6 Å². The second-order valence-electron chi connectivity index (χ2n) is 7.05. The van der Waals surface area contributed by atoms with Gasteiger partial charge in [-0.25, -0.2) is 0 Å². The molecule has 3 rings (SSSR count). The van der Waals surface area contributed by atoms with E-state index in [1.54, 1.807) is 0 Å². The summed E-state index contributed by atoms with van der Waals surface area (Å²) < 4.78 is 0. The SMILES string of the molecule is O=C(C[C@@H]1N=C(Cc2ccccc2)NNC1=O)NNC(=S)NC1CCCCC1. The molecule has 150 valence electrons. The van der Waals surface area contributed by atoms with Crippen LogP contribution in [-0.4, -0.2) is 34.8 Å². The molecular formula is C19H26N6O2S. The monoisotopic (exact) mass is 402 g/mol. The number of amides is 2. The number of nitrogens with zero attached hydrogens (tertiary/aromatic N) is 1. The van der Waals surface area contributed by atoms with Gasteiger partial charge in [0.25, 0.3) is 5.91 Å². The van der Waals surface area contributed by atoms with Crippen molar-refractivity contribution in [3.8, 4) is 0 Å². The summed E-state index contributed by atoms with van der Waals surface area (Å²) in [6, 6.07) is 9.36. The normalized spacial score (nSPS) is 19.6. The third kappa shape index (κ3) is 6.19. The van der Waals surface area contributed by atoms with E-state index in [1.807, 2.05) is 30.3 Å². The zero-order valence-electron chi connectivity index (χ0n) is 15.7. The molecule has 5 N–H and O–H groups in total. The highest BCUT2D eigenvalue weighted by atomic mass is 32.1. The van der Waals surface area contributed by atoms with Gasteiger partial charge in [0.2, 0.25) is 5.91 Å². The maximum absolute atomic E-state index is 12.2. The molecule has 1 saturated carbocycles. The van der Waals surface area contributed by atoms with E-state index in [0.717, 1.165) is 18.4 Å². The lowest BCUT2D eigenvalue weighted by Gasteiger charge is -2.25. The van der Waals surface area contributed by atoms with Crippen molar-refractivity contribution in [1.29, 1.82) is 0 Å². The van der Waals surface area contributed by atoms with Crippen LogP contribution in [-0.2, 0) is 16.0 Å². The first-order chi connectivity index (χ1) is 13.6. The maximum atomic E-state index is 12.2. The lowest BCUT2D eigenvalue weighted by molar-refractivity contribution is -0.128. The Morgan fingerprint density at radius 1 is 1.11 bits per heavy atom. The molecule has 1 fully saturated rings. The summed E-state index contributed by atoms with van der Waals surface area (Å²) in [5.74, 6) is -0.0708. The smallest absolute Gasteiger partial charge is 0.263 e. The average molecular weight is 403 g/mol. The van der Waals surface area contributed by atoms with Crippen molar-refractivity contribution in [1.82, 2.24) is 27.0 Å². The van der Waals surface area contributed by atoms with E-state index in [0.29, 0.717) is 23.4 Å². The molecule has 1 heterocycles. The molecule has 0 saturated heterocycles. The van der Waals surface area contributed by atoms with Gasteiger partial charge in [-0.15, -0.1) is 0 Å². The van der Waals surface area contributed by atoms with Gasteiger partial charge < -0.3 is 5.32 Å². The minimum absolute atomic E-state index is 0.0646. The second kappa shape index (κ2) is 10.0. The Hall–Kier alpha value is -2.68. The molecule has 9 heteroatoms. The molecule has 0 radical (unpaired) electrons. The molecular weight excluding hydrogens is 376 g/mol. The van der Waals surface area contributed by atoms with Crippen LogP contribution < -0.4 is 27.0 Å². The van der Waals surface area contributed by atoms with E-state index in [9.17, 15) is 9.59 Å². The standard InChI is InChI=1S/C19H26N6O2S/c26-17(23-25-19(28)20-14-9-5-2-6-10-14)12-15-18(27)24-22-16(21-15)11-13-7-3-1-4-8-13/h1,3-4,7-8,14-15H,2,5-6,9-12H2,(H,21,22)(H,23,26)(H,24,27)(H2,20,25,28)/t15-/m0/s1. The number of carbonyl (C=O) groups excluding carboxylic acids is 2. The summed E-state index contributed by atoms with van der Waals surface area (Å²) in [5.41, 5.74) is 11.7. The fourth-order valence-electron chi connectivity index (χ4n) is 3.33. The van der Waals surface area contributed by atoms with Gasteiger partial charge >= 0.3 is 0 Å². The summed E-state index contributed by atoms with van der Waals surface area (Å²) in [6.07, 6.45) is 6.31. The molecule has 1 aromatic carbocycles. The molecule has 1 aromatic rings. The largest absolute Gasteiger partial charge is 0.359 e. The Morgan fingerprint density at radius 3 is 2.61 bits per heavy atom. The van der Waals surface area contributed by atoms with Gasteiger partial charge in [0.15, 0.2) is 5.11 Å². The van der Waals surface area contributed by atoms with Crippen LogP contribution >= 0.6 is 12.2 Å². The number of benzene rings is 1. The van der Waals surface area contributed by atoms with Crippen LogP contribution in [0.3, 0.4) is 0 Å². The van der Waals surface area contributed by atoms with Gasteiger partial charge in [-0.1, -0.05) is 49.6 Å². The van der Waals surface area contributed by atoms with Crippen molar-refractivity contribution in [2.75, 3.05) is 0 Å². The molecule has 1 aliphatic carbocycles. The van der Waals surface area contributed by atoms with E-state index in [4.69, 9.17) is 12.2 Å². The summed E-state index contributed by atoms with van der Waals surface area (Å²) in [4.78, 5) is 28.6. The fraction of sp³-hybridized carbons (Fsp3) is 0.474. The fourth-order valence-corrected chi connectivity index (χ4v) is 3.55. The predicted molar refractivity (Wildman–Crippen MR) is 111 cm³/mol. The van der Waals surface area contributed by atoms with Gasteiger partial charge in [-0.3, -0.25) is 36.3 Å². The number of hydrogen-bond acceptors (Lipinski definition) is 5. The highest BCUT2D eigenvalue weighted by molar-refractivity contribution is 7.80. The molecule has 0 aromatic heterocycles. The molecule has 0 unspecified atom stereocenters. The minimum atomic E-state index is -0.776. The van der Waals surface area contributed by atoms with Gasteiger partial charge in [-0.2, -0.15) is 0 Å². The minimum Gasteiger partial charge on any atom is -0.359 e. The number of amidine groups is 1. The maximum Gasteiger partial charge on any atom is 0.263 e. The van der Waals surface area contributed by atoms with Crippen molar-refractivity contribution in [3.63, 3.8) is 0 Å². The van der Waals surface area contributed by atoms with Crippen LogP contribution in [0.15, 0.2) is 35.3 Å². The van der Waals surface area contributed by atoms with E-state index >= 15 is 0 Å². The van der Waals surface area contributed by atoms with Crippen LogP contribution in [0.5, 0.6) is 0 Å². The quantitative estimate of drug-likeness (QED) is 0.369. The summed E-state index contributed by atoms with van der Waals surface area (Å²) >= 11 is 5.22. The number of aliphatic imine (C=N–C) groups is 1. The number of thiocarbonyl (C=S) groups is 1. The van der Waals surface area contributed by atoms with Crippen LogP contribution in [0.4, 0.5) is 0 Å². The molecule has 8 nitrogen and oxygen atoms in total. The molecule has 2 amide bonds. The Morgan fingerprint density at radius 2 is 1.86 bits per heavy atom. The predicted octanol–water partition coefficient (Wildman–Crippen LogP) is 0.849. The zero-order chi connectivity index (χ0) is 19.8. The Labute approximate surface area is 169 Å². The third-order valence-corrected chi connectivity index (χ3v) is 5.01. The first kappa shape index (κ1) is 20.1. The number of rotatable bonds is 5. The molecule has 28 heavy (non-hydrogen) atoms. The van der Waals surface area contributed by atoms with Crippen molar-refractivity contribution >= 4 is 35.0 Å². The number of hydrogen-bond donors (Lipinski definition) is 5. The summed E-state index contributed by atoms with van der Waals surface area (Å²) in [5, 5.41) is 3.60.